The van der Waals surface area contributed by atoms with Gasteiger partial charge in [0.05, 0.1) is 5.56 Å². The van der Waals surface area contributed by atoms with E-state index in [9.17, 15) is 4.79 Å². The van der Waals surface area contributed by atoms with Crippen LogP contribution in [-0.4, -0.2) is 26.0 Å². The number of hydrogen-bond acceptors (Lipinski definition) is 4. The van der Waals surface area contributed by atoms with Crippen LogP contribution >= 0.6 is 12.2 Å². The Hall–Kier alpha value is -2.66. The molecule has 27 heavy (non-hydrogen) atoms. The largest absolute Gasteiger partial charge is 0.444 e. The third-order valence-electron chi connectivity index (χ3n) is 5.48. The van der Waals surface area contributed by atoms with E-state index in [-0.39, 0.29) is 10.6 Å². The van der Waals surface area contributed by atoms with Gasteiger partial charge in [-0.05, 0) is 61.8 Å². The van der Waals surface area contributed by atoms with Crippen LogP contribution in [0.2, 0.25) is 0 Å². The third-order valence-corrected chi connectivity index (χ3v) is 5.79. The average Bonchev–Trinajstić information content (AvgIpc) is 2.69. The topological polar surface area (TPSA) is 36.7 Å². The van der Waals surface area contributed by atoms with Crippen molar-refractivity contribution >= 4 is 40.5 Å². The molecule has 1 aliphatic heterocycles. The summed E-state index contributed by atoms with van der Waals surface area (Å²) in [4.78, 5) is 16.9. The fourth-order valence-electron chi connectivity index (χ4n) is 3.63. The van der Waals surface area contributed by atoms with Gasteiger partial charge in [0.15, 0.2) is 0 Å². The van der Waals surface area contributed by atoms with Crippen LogP contribution in [0.3, 0.4) is 0 Å². The SMILES string of the molecule is CC1CCc2cc3cc(C(=O)N(C)c4ccccc4)c(=S)oc3cc2N1C. The summed E-state index contributed by atoms with van der Waals surface area (Å²) in [6.07, 6.45) is 2.15. The van der Waals surface area contributed by atoms with E-state index >= 15 is 0 Å². The second-order valence-corrected chi connectivity index (χ2v) is 7.54. The van der Waals surface area contributed by atoms with Gasteiger partial charge in [0, 0.05) is 43.0 Å². The molecule has 2 aromatic carbocycles. The number of fused-ring (bicyclic) bond motifs is 2. The normalized spacial score (nSPS) is 16.3. The lowest BCUT2D eigenvalue weighted by Crippen LogP contribution is -2.33. The van der Waals surface area contributed by atoms with Gasteiger partial charge in [-0.3, -0.25) is 4.79 Å². The molecule has 1 amide bonds. The summed E-state index contributed by atoms with van der Waals surface area (Å²) in [5, 5.41) is 0.912. The van der Waals surface area contributed by atoms with Gasteiger partial charge in [0.2, 0.25) is 4.71 Å². The van der Waals surface area contributed by atoms with Crippen LogP contribution in [0.1, 0.15) is 29.3 Å². The fraction of sp³-hybridized carbons (Fsp3) is 0.273. The van der Waals surface area contributed by atoms with E-state index in [0.717, 1.165) is 29.5 Å². The smallest absolute Gasteiger partial charge is 0.262 e. The Bertz CT molecular complexity index is 1070. The van der Waals surface area contributed by atoms with Gasteiger partial charge in [-0.25, -0.2) is 0 Å². The first-order chi connectivity index (χ1) is 13.0. The predicted molar refractivity (Wildman–Crippen MR) is 112 cm³/mol. The van der Waals surface area contributed by atoms with Gasteiger partial charge >= 0.3 is 0 Å². The zero-order valence-corrected chi connectivity index (χ0v) is 16.5. The molecule has 0 radical (unpaired) electrons. The van der Waals surface area contributed by atoms with Crippen molar-refractivity contribution in [3.05, 3.63) is 64.4 Å². The number of para-hydroxylation sites is 1. The van der Waals surface area contributed by atoms with Crippen LogP contribution in [-0.2, 0) is 6.42 Å². The average molecular weight is 378 g/mol. The summed E-state index contributed by atoms with van der Waals surface area (Å²) in [5.41, 5.74) is 4.42. The molecule has 0 saturated heterocycles. The number of nitrogens with zero attached hydrogens (tertiary/aromatic N) is 2. The standard InChI is InChI=1S/C22H22N2O2S/c1-14-9-10-15-11-16-12-18(21(25)24(3)17-7-5-4-6-8-17)22(27)26-20(16)13-19(15)23(14)2/h4-8,11-14H,9-10H2,1-3H3. The molecule has 1 unspecified atom stereocenters. The summed E-state index contributed by atoms with van der Waals surface area (Å²) in [6.45, 7) is 2.23. The molecule has 4 rings (SSSR count). The van der Waals surface area contributed by atoms with Crippen LogP contribution in [0.15, 0.2) is 52.9 Å². The summed E-state index contributed by atoms with van der Waals surface area (Å²) < 4.78 is 6.11. The van der Waals surface area contributed by atoms with Crippen molar-refractivity contribution in [1.29, 1.82) is 0 Å². The van der Waals surface area contributed by atoms with Gasteiger partial charge in [-0.15, -0.1) is 0 Å². The zero-order chi connectivity index (χ0) is 19.1. The molecule has 138 valence electrons. The molecule has 0 N–H and O–H groups in total. The molecule has 0 aliphatic carbocycles. The van der Waals surface area contributed by atoms with Crippen LogP contribution in [0.25, 0.3) is 11.0 Å². The highest BCUT2D eigenvalue weighted by Crippen LogP contribution is 2.34. The minimum absolute atomic E-state index is 0.166. The van der Waals surface area contributed by atoms with Crippen LogP contribution in [0.5, 0.6) is 0 Å². The molecule has 2 heterocycles. The number of amides is 1. The maximum absolute atomic E-state index is 13.0. The third kappa shape index (κ3) is 3.12. The molecule has 0 spiro atoms. The van der Waals surface area contributed by atoms with E-state index in [2.05, 4.69) is 24.9 Å². The zero-order valence-electron chi connectivity index (χ0n) is 15.7. The van der Waals surface area contributed by atoms with E-state index < -0.39 is 0 Å². The number of aryl methyl sites for hydroxylation is 1. The van der Waals surface area contributed by atoms with E-state index in [0.29, 0.717) is 11.6 Å². The molecule has 0 fully saturated rings. The first-order valence-corrected chi connectivity index (χ1v) is 9.53. The van der Waals surface area contributed by atoms with Crippen molar-refractivity contribution in [3.8, 4) is 0 Å². The van der Waals surface area contributed by atoms with Crippen molar-refractivity contribution in [3.63, 3.8) is 0 Å². The quantitative estimate of drug-likeness (QED) is 0.574. The van der Waals surface area contributed by atoms with E-state index in [1.54, 1.807) is 11.9 Å². The van der Waals surface area contributed by atoms with Gasteiger partial charge in [-0.2, -0.15) is 0 Å². The van der Waals surface area contributed by atoms with Gasteiger partial charge in [0.25, 0.3) is 5.91 Å². The van der Waals surface area contributed by atoms with E-state index in [1.165, 1.54) is 11.3 Å². The minimum Gasteiger partial charge on any atom is -0.444 e. The molecule has 1 atom stereocenters. The Labute approximate surface area is 164 Å². The number of hydrogen-bond donors (Lipinski definition) is 0. The van der Waals surface area contributed by atoms with Crippen molar-refractivity contribution < 1.29 is 9.21 Å². The van der Waals surface area contributed by atoms with Crippen molar-refractivity contribution in [2.75, 3.05) is 23.9 Å². The molecule has 3 aromatic rings. The Morgan fingerprint density at radius 2 is 1.96 bits per heavy atom. The van der Waals surface area contributed by atoms with Crippen LogP contribution < -0.4 is 9.80 Å². The second-order valence-electron chi connectivity index (χ2n) is 7.16. The maximum atomic E-state index is 13.0. The molecule has 5 heteroatoms. The van der Waals surface area contributed by atoms with E-state index in [4.69, 9.17) is 16.6 Å². The second kappa shape index (κ2) is 6.82. The van der Waals surface area contributed by atoms with Crippen LogP contribution in [0, 0.1) is 4.71 Å². The first-order valence-electron chi connectivity index (χ1n) is 9.12. The molecule has 1 aliphatic rings. The predicted octanol–water partition coefficient (Wildman–Crippen LogP) is 5.21. The minimum atomic E-state index is -0.166. The van der Waals surface area contributed by atoms with Crippen molar-refractivity contribution in [1.82, 2.24) is 0 Å². The Morgan fingerprint density at radius 3 is 2.70 bits per heavy atom. The Balaban J connectivity index is 1.78. The van der Waals surface area contributed by atoms with Gasteiger partial charge in [0.1, 0.15) is 5.58 Å². The maximum Gasteiger partial charge on any atom is 0.262 e. The summed E-state index contributed by atoms with van der Waals surface area (Å²) >= 11 is 5.40. The van der Waals surface area contributed by atoms with Crippen molar-refractivity contribution in [2.24, 2.45) is 0 Å². The highest BCUT2D eigenvalue weighted by molar-refractivity contribution is 7.71. The number of rotatable bonds is 2. The number of anilines is 2. The Kier molecular flexibility index (Phi) is 4.48. The van der Waals surface area contributed by atoms with Gasteiger partial charge < -0.3 is 14.2 Å². The number of benzene rings is 2. The van der Waals surface area contributed by atoms with Crippen LogP contribution in [0.4, 0.5) is 11.4 Å². The molecule has 0 saturated carbocycles. The van der Waals surface area contributed by atoms with E-state index in [1.807, 2.05) is 42.5 Å². The molecule has 4 nitrogen and oxygen atoms in total. The number of carbonyl (C=O) groups excluding carboxylic acids is 1. The first kappa shape index (κ1) is 17.7. The lowest BCUT2D eigenvalue weighted by atomic mass is 9.95. The Morgan fingerprint density at radius 1 is 1.22 bits per heavy atom. The fourth-order valence-corrected chi connectivity index (χ4v) is 3.86. The monoisotopic (exact) mass is 378 g/mol. The molecular weight excluding hydrogens is 356 g/mol. The lowest BCUT2D eigenvalue weighted by Gasteiger charge is -2.34. The highest BCUT2D eigenvalue weighted by atomic mass is 32.1. The molecule has 1 aromatic heterocycles. The summed E-state index contributed by atoms with van der Waals surface area (Å²) in [7, 11) is 3.86. The van der Waals surface area contributed by atoms with Gasteiger partial charge in [-0.1, -0.05) is 18.2 Å². The number of carbonyl (C=O) groups is 1. The highest BCUT2D eigenvalue weighted by Gasteiger charge is 2.22. The molecular formula is C22H22N2O2S. The summed E-state index contributed by atoms with van der Waals surface area (Å²) in [6, 6.07) is 16.1. The lowest BCUT2D eigenvalue weighted by molar-refractivity contribution is 0.0990. The summed E-state index contributed by atoms with van der Waals surface area (Å²) in [5.74, 6) is -0.166. The molecule has 0 bridgehead atoms. The van der Waals surface area contributed by atoms with Crippen molar-refractivity contribution in [2.45, 2.75) is 25.8 Å².